The Morgan fingerprint density at radius 1 is 1.30 bits per heavy atom. The standard InChI is InChI=1S/C15H16FN3S/c1-2-9-19-14(12-5-6-12)17-18-15(19)20-10-11-3-7-13(16)8-4-11/h2-4,7-8,12H,1,5-6,9-10H2. The van der Waals surface area contributed by atoms with Crippen molar-refractivity contribution in [2.45, 2.75) is 36.2 Å². The van der Waals surface area contributed by atoms with E-state index in [1.807, 2.05) is 6.08 Å². The third kappa shape index (κ3) is 2.93. The second-order valence-corrected chi connectivity index (χ2v) is 5.87. The van der Waals surface area contributed by atoms with Gasteiger partial charge in [0.25, 0.3) is 0 Å². The number of rotatable bonds is 6. The molecule has 1 aliphatic rings. The summed E-state index contributed by atoms with van der Waals surface area (Å²) in [6.45, 7) is 4.54. The van der Waals surface area contributed by atoms with Gasteiger partial charge in [-0.3, -0.25) is 0 Å². The Labute approximate surface area is 121 Å². The molecule has 1 aromatic heterocycles. The summed E-state index contributed by atoms with van der Waals surface area (Å²) in [6, 6.07) is 6.58. The minimum atomic E-state index is -0.204. The monoisotopic (exact) mass is 289 g/mol. The minimum Gasteiger partial charge on any atom is -0.302 e. The number of allylic oxidation sites excluding steroid dienone is 1. The maximum Gasteiger partial charge on any atom is 0.191 e. The van der Waals surface area contributed by atoms with Gasteiger partial charge >= 0.3 is 0 Å². The molecule has 1 aromatic carbocycles. The highest BCUT2D eigenvalue weighted by Gasteiger charge is 2.30. The van der Waals surface area contributed by atoms with Crippen LogP contribution in [0.5, 0.6) is 0 Å². The molecule has 3 nitrogen and oxygen atoms in total. The van der Waals surface area contributed by atoms with Crippen molar-refractivity contribution in [1.82, 2.24) is 14.8 Å². The van der Waals surface area contributed by atoms with E-state index < -0.39 is 0 Å². The molecule has 0 N–H and O–H groups in total. The first-order valence-corrected chi connectivity index (χ1v) is 7.67. The number of halogens is 1. The van der Waals surface area contributed by atoms with E-state index in [0.717, 1.165) is 28.8 Å². The average Bonchev–Trinajstić information content (AvgIpc) is 3.22. The number of aromatic nitrogens is 3. The Morgan fingerprint density at radius 3 is 2.70 bits per heavy atom. The fourth-order valence-electron chi connectivity index (χ4n) is 2.08. The second-order valence-electron chi connectivity index (χ2n) is 4.93. The van der Waals surface area contributed by atoms with E-state index in [1.165, 1.54) is 25.0 Å². The first-order chi connectivity index (χ1) is 9.78. The predicted molar refractivity (Wildman–Crippen MR) is 78.2 cm³/mol. The number of nitrogens with zero attached hydrogens (tertiary/aromatic N) is 3. The Bertz CT molecular complexity index is 602. The normalized spacial score (nSPS) is 14.4. The Hall–Kier alpha value is -1.62. The van der Waals surface area contributed by atoms with Crippen molar-refractivity contribution < 1.29 is 4.39 Å². The van der Waals surface area contributed by atoms with E-state index in [1.54, 1.807) is 23.9 Å². The second kappa shape index (κ2) is 5.79. The lowest BCUT2D eigenvalue weighted by Gasteiger charge is -2.06. The summed E-state index contributed by atoms with van der Waals surface area (Å²) in [7, 11) is 0. The summed E-state index contributed by atoms with van der Waals surface area (Å²) in [5, 5.41) is 9.50. The zero-order valence-corrected chi connectivity index (χ0v) is 11.9. The number of hydrogen-bond donors (Lipinski definition) is 0. The summed E-state index contributed by atoms with van der Waals surface area (Å²) < 4.78 is 15.0. The number of thioether (sulfide) groups is 1. The van der Waals surface area contributed by atoms with Crippen LogP contribution in [0.25, 0.3) is 0 Å². The van der Waals surface area contributed by atoms with Gasteiger partial charge in [0.1, 0.15) is 11.6 Å². The third-order valence-corrected chi connectivity index (χ3v) is 4.32. The maximum atomic E-state index is 12.9. The molecule has 1 aliphatic carbocycles. The highest BCUT2D eigenvalue weighted by Crippen LogP contribution is 2.40. The molecule has 0 saturated heterocycles. The Morgan fingerprint density at radius 2 is 2.05 bits per heavy atom. The average molecular weight is 289 g/mol. The van der Waals surface area contributed by atoms with Gasteiger partial charge in [-0.15, -0.1) is 16.8 Å². The topological polar surface area (TPSA) is 30.7 Å². The quantitative estimate of drug-likeness (QED) is 0.599. The summed E-state index contributed by atoms with van der Waals surface area (Å²) in [6.07, 6.45) is 4.28. The molecule has 1 heterocycles. The highest BCUT2D eigenvalue weighted by atomic mass is 32.2. The summed E-state index contributed by atoms with van der Waals surface area (Å²) in [5.74, 6) is 2.21. The molecule has 1 saturated carbocycles. The van der Waals surface area contributed by atoms with Crippen molar-refractivity contribution in [3.63, 3.8) is 0 Å². The highest BCUT2D eigenvalue weighted by molar-refractivity contribution is 7.98. The SMILES string of the molecule is C=CCn1c(SCc2ccc(F)cc2)nnc1C1CC1. The van der Waals surface area contributed by atoms with Crippen LogP contribution in [-0.2, 0) is 12.3 Å². The fourth-order valence-corrected chi connectivity index (χ4v) is 2.99. The van der Waals surface area contributed by atoms with Crippen LogP contribution in [0.4, 0.5) is 4.39 Å². The van der Waals surface area contributed by atoms with Crippen LogP contribution in [-0.4, -0.2) is 14.8 Å². The largest absolute Gasteiger partial charge is 0.302 e. The van der Waals surface area contributed by atoms with E-state index >= 15 is 0 Å². The van der Waals surface area contributed by atoms with Gasteiger partial charge in [-0.25, -0.2) is 4.39 Å². The molecule has 0 amide bonds. The smallest absolute Gasteiger partial charge is 0.191 e. The fraction of sp³-hybridized carbons (Fsp3) is 0.333. The first-order valence-electron chi connectivity index (χ1n) is 6.69. The number of benzene rings is 1. The minimum absolute atomic E-state index is 0.204. The molecule has 2 aromatic rings. The number of hydrogen-bond acceptors (Lipinski definition) is 3. The van der Waals surface area contributed by atoms with Gasteiger partial charge < -0.3 is 4.57 Å². The molecule has 0 spiro atoms. The molecule has 0 aliphatic heterocycles. The van der Waals surface area contributed by atoms with E-state index in [4.69, 9.17) is 0 Å². The predicted octanol–water partition coefficient (Wildman–Crippen LogP) is 3.77. The van der Waals surface area contributed by atoms with Crippen molar-refractivity contribution in [3.8, 4) is 0 Å². The van der Waals surface area contributed by atoms with Gasteiger partial charge in [-0.2, -0.15) is 0 Å². The molecule has 5 heteroatoms. The lowest BCUT2D eigenvalue weighted by Crippen LogP contribution is -2.02. The van der Waals surface area contributed by atoms with Crippen LogP contribution in [0.15, 0.2) is 42.1 Å². The van der Waals surface area contributed by atoms with E-state index in [0.29, 0.717) is 5.92 Å². The molecule has 1 fully saturated rings. The lowest BCUT2D eigenvalue weighted by atomic mass is 10.2. The van der Waals surface area contributed by atoms with Crippen molar-refractivity contribution in [2.75, 3.05) is 0 Å². The van der Waals surface area contributed by atoms with Gasteiger partial charge in [-0.1, -0.05) is 30.0 Å². The first kappa shape index (κ1) is 13.4. The summed E-state index contributed by atoms with van der Waals surface area (Å²) >= 11 is 1.63. The van der Waals surface area contributed by atoms with Crippen LogP contribution in [0, 0.1) is 5.82 Å². The van der Waals surface area contributed by atoms with Crippen molar-refractivity contribution in [3.05, 3.63) is 54.1 Å². The summed E-state index contributed by atoms with van der Waals surface area (Å²) in [5.41, 5.74) is 1.08. The Balaban J connectivity index is 1.73. The van der Waals surface area contributed by atoms with E-state index in [-0.39, 0.29) is 5.82 Å². The molecular formula is C15H16FN3S. The van der Waals surface area contributed by atoms with Crippen LogP contribution < -0.4 is 0 Å². The van der Waals surface area contributed by atoms with Gasteiger partial charge in [0.2, 0.25) is 0 Å². The van der Waals surface area contributed by atoms with Crippen molar-refractivity contribution in [2.24, 2.45) is 0 Å². The molecular weight excluding hydrogens is 273 g/mol. The zero-order chi connectivity index (χ0) is 13.9. The van der Waals surface area contributed by atoms with Crippen LogP contribution >= 0.6 is 11.8 Å². The van der Waals surface area contributed by atoms with Crippen LogP contribution in [0.2, 0.25) is 0 Å². The molecule has 0 atom stereocenters. The van der Waals surface area contributed by atoms with E-state index in [9.17, 15) is 4.39 Å². The molecule has 0 radical (unpaired) electrons. The van der Waals surface area contributed by atoms with Gasteiger partial charge in [0, 0.05) is 18.2 Å². The van der Waals surface area contributed by atoms with Gasteiger partial charge in [0.05, 0.1) is 0 Å². The van der Waals surface area contributed by atoms with Crippen molar-refractivity contribution >= 4 is 11.8 Å². The van der Waals surface area contributed by atoms with Crippen LogP contribution in [0.1, 0.15) is 30.1 Å². The maximum absolute atomic E-state index is 12.9. The van der Waals surface area contributed by atoms with Crippen molar-refractivity contribution in [1.29, 1.82) is 0 Å². The van der Waals surface area contributed by atoms with Crippen LogP contribution in [0.3, 0.4) is 0 Å². The molecule has 20 heavy (non-hydrogen) atoms. The zero-order valence-electron chi connectivity index (χ0n) is 11.1. The molecule has 104 valence electrons. The molecule has 0 bridgehead atoms. The molecule has 3 rings (SSSR count). The Kier molecular flexibility index (Phi) is 3.87. The summed E-state index contributed by atoms with van der Waals surface area (Å²) in [4.78, 5) is 0. The van der Waals surface area contributed by atoms with E-state index in [2.05, 4.69) is 21.3 Å². The van der Waals surface area contributed by atoms with Gasteiger partial charge in [0.15, 0.2) is 5.16 Å². The van der Waals surface area contributed by atoms with Gasteiger partial charge in [-0.05, 0) is 30.5 Å². The third-order valence-electron chi connectivity index (χ3n) is 3.28. The molecule has 0 unspecified atom stereocenters. The lowest BCUT2D eigenvalue weighted by molar-refractivity contribution is 0.627.